The summed E-state index contributed by atoms with van der Waals surface area (Å²) in [6.45, 7) is 0.240. The lowest BCUT2D eigenvalue weighted by molar-refractivity contribution is -0.137. The molecule has 2 N–H and O–H groups in total. The van der Waals surface area contributed by atoms with E-state index < -0.39 is 23.7 Å². The molecule has 8 heteroatoms. The summed E-state index contributed by atoms with van der Waals surface area (Å²) in [6.07, 6.45) is -4.57. The van der Waals surface area contributed by atoms with Gasteiger partial charge in [0.25, 0.3) is 0 Å². The summed E-state index contributed by atoms with van der Waals surface area (Å²) in [5, 5.41) is 5.52. The van der Waals surface area contributed by atoms with Crippen LogP contribution in [0.1, 0.15) is 22.7 Å². The number of alkyl halides is 3. The van der Waals surface area contributed by atoms with Crippen molar-refractivity contribution in [3.05, 3.63) is 100 Å². The molecule has 1 unspecified atom stereocenters. The highest BCUT2D eigenvalue weighted by atomic mass is 35.5. The SMILES string of the molecule is O=C(Nc1cc(C(F)(F)F)ccc1Cl)C(NCc1ccc(F)cc1)c1ccccc1. The van der Waals surface area contributed by atoms with Gasteiger partial charge >= 0.3 is 6.18 Å². The van der Waals surface area contributed by atoms with Gasteiger partial charge in [0.05, 0.1) is 16.3 Å². The molecule has 0 saturated heterocycles. The molecule has 0 fully saturated rings. The predicted octanol–water partition coefficient (Wildman–Crippen LogP) is 5.97. The van der Waals surface area contributed by atoms with Crippen LogP contribution in [0.25, 0.3) is 0 Å². The zero-order valence-corrected chi connectivity index (χ0v) is 16.3. The number of carbonyl (C=O) groups excluding carboxylic acids is 1. The van der Waals surface area contributed by atoms with E-state index in [1.165, 1.54) is 12.1 Å². The van der Waals surface area contributed by atoms with Crippen molar-refractivity contribution >= 4 is 23.2 Å². The molecule has 1 amide bonds. The van der Waals surface area contributed by atoms with Crippen molar-refractivity contribution in [3.8, 4) is 0 Å². The Kier molecular flexibility index (Phi) is 6.74. The Morgan fingerprint density at radius 2 is 1.63 bits per heavy atom. The molecule has 3 nitrogen and oxygen atoms in total. The van der Waals surface area contributed by atoms with Gasteiger partial charge in [0, 0.05) is 6.54 Å². The highest BCUT2D eigenvalue weighted by Crippen LogP contribution is 2.34. The summed E-state index contributed by atoms with van der Waals surface area (Å²) in [5.74, 6) is -0.958. The molecule has 1 atom stereocenters. The minimum atomic E-state index is -4.57. The molecule has 0 aliphatic heterocycles. The Hall–Kier alpha value is -2.90. The quantitative estimate of drug-likeness (QED) is 0.467. The van der Waals surface area contributed by atoms with Crippen LogP contribution in [0.3, 0.4) is 0 Å². The first-order valence-electron chi connectivity index (χ1n) is 8.94. The molecule has 3 rings (SSSR count). The minimum Gasteiger partial charge on any atom is -0.323 e. The predicted molar refractivity (Wildman–Crippen MR) is 108 cm³/mol. The Balaban J connectivity index is 1.83. The summed E-state index contributed by atoms with van der Waals surface area (Å²) in [5.41, 5.74) is 0.293. The fourth-order valence-corrected chi connectivity index (χ4v) is 3.00. The molecule has 3 aromatic rings. The van der Waals surface area contributed by atoms with Crippen LogP contribution in [0.5, 0.6) is 0 Å². The average Bonchev–Trinajstić information content (AvgIpc) is 2.71. The second kappa shape index (κ2) is 9.28. The molecule has 156 valence electrons. The van der Waals surface area contributed by atoms with Crippen molar-refractivity contribution in [1.29, 1.82) is 0 Å². The number of hydrogen-bond acceptors (Lipinski definition) is 2. The van der Waals surface area contributed by atoms with E-state index in [0.29, 0.717) is 5.56 Å². The van der Waals surface area contributed by atoms with Gasteiger partial charge in [0.15, 0.2) is 0 Å². The first kappa shape index (κ1) is 21.8. The molecular weight excluding hydrogens is 420 g/mol. The van der Waals surface area contributed by atoms with Crippen LogP contribution >= 0.6 is 11.6 Å². The molecule has 0 bridgehead atoms. The lowest BCUT2D eigenvalue weighted by Gasteiger charge is -2.20. The smallest absolute Gasteiger partial charge is 0.323 e. The zero-order chi connectivity index (χ0) is 21.7. The largest absolute Gasteiger partial charge is 0.416 e. The summed E-state index contributed by atoms with van der Waals surface area (Å²) in [4.78, 5) is 12.9. The van der Waals surface area contributed by atoms with E-state index >= 15 is 0 Å². The second-order valence-corrected chi connectivity index (χ2v) is 6.94. The first-order chi connectivity index (χ1) is 14.2. The maximum Gasteiger partial charge on any atom is 0.416 e. The lowest BCUT2D eigenvalue weighted by atomic mass is 10.1. The highest BCUT2D eigenvalue weighted by Gasteiger charge is 2.31. The van der Waals surface area contributed by atoms with E-state index in [4.69, 9.17) is 11.6 Å². The van der Waals surface area contributed by atoms with Crippen molar-refractivity contribution in [1.82, 2.24) is 5.32 Å². The van der Waals surface area contributed by atoms with Gasteiger partial charge in [-0.05, 0) is 41.5 Å². The molecule has 0 spiro atoms. The zero-order valence-electron chi connectivity index (χ0n) is 15.5. The number of benzene rings is 3. The molecule has 0 saturated carbocycles. The number of anilines is 1. The third kappa shape index (κ3) is 5.58. The monoisotopic (exact) mass is 436 g/mol. The number of nitrogens with one attached hydrogen (secondary N) is 2. The van der Waals surface area contributed by atoms with Gasteiger partial charge < -0.3 is 5.32 Å². The normalized spacial score (nSPS) is 12.4. The summed E-state index contributed by atoms with van der Waals surface area (Å²) in [6, 6.07) is 16.3. The molecule has 0 aliphatic rings. The van der Waals surface area contributed by atoms with E-state index in [9.17, 15) is 22.4 Å². The lowest BCUT2D eigenvalue weighted by Crippen LogP contribution is -2.33. The van der Waals surface area contributed by atoms with Crippen LogP contribution in [0.4, 0.5) is 23.2 Å². The fraction of sp³-hybridized carbons (Fsp3) is 0.136. The van der Waals surface area contributed by atoms with Gasteiger partial charge in [-0.25, -0.2) is 4.39 Å². The summed E-state index contributed by atoms with van der Waals surface area (Å²) in [7, 11) is 0. The van der Waals surface area contributed by atoms with Gasteiger partial charge in [0.2, 0.25) is 5.91 Å². The fourth-order valence-electron chi connectivity index (χ4n) is 2.83. The Bertz CT molecular complexity index is 1010. The average molecular weight is 437 g/mol. The van der Waals surface area contributed by atoms with E-state index in [1.807, 2.05) is 0 Å². The maximum atomic E-state index is 13.1. The molecule has 0 aliphatic carbocycles. The van der Waals surface area contributed by atoms with Crippen molar-refractivity contribution < 1.29 is 22.4 Å². The number of halogens is 5. The summed E-state index contributed by atoms with van der Waals surface area (Å²) >= 11 is 5.99. The van der Waals surface area contributed by atoms with Crippen LogP contribution in [0.2, 0.25) is 5.02 Å². The molecule has 0 aromatic heterocycles. The van der Waals surface area contributed by atoms with Crippen molar-refractivity contribution in [2.75, 3.05) is 5.32 Å². The van der Waals surface area contributed by atoms with Crippen LogP contribution in [0.15, 0.2) is 72.8 Å². The number of amides is 1. The van der Waals surface area contributed by atoms with Crippen LogP contribution < -0.4 is 10.6 Å². The summed E-state index contributed by atoms with van der Waals surface area (Å²) < 4.78 is 52.1. The van der Waals surface area contributed by atoms with E-state index in [0.717, 1.165) is 23.8 Å². The standard InChI is InChI=1S/C22H17ClF4N2O/c23-18-11-8-16(22(25,26)27)12-19(18)29-21(30)20(15-4-2-1-3-5-15)28-13-14-6-9-17(24)10-7-14/h1-12,20,28H,13H2,(H,29,30). The van der Waals surface area contributed by atoms with Crippen LogP contribution in [0, 0.1) is 5.82 Å². The minimum absolute atomic E-state index is 0.0123. The Morgan fingerprint density at radius 3 is 2.27 bits per heavy atom. The Morgan fingerprint density at radius 1 is 0.967 bits per heavy atom. The third-order valence-corrected chi connectivity index (χ3v) is 4.70. The highest BCUT2D eigenvalue weighted by molar-refractivity contribution is 6.33. The molecule has 3 aromatic carbocycles. The Labute approximate surface area is 175 Å². The van der Waals surface area contributed by atoms with Gasteiger partial charge in [-0.15, -0.1) is 0 Å². The number of rotatable bonds is 6. The number of carbonyl (C=O) groups is 1. The van der Waals surface area contributed by atoms with Crippen molar-refractivity contribution in [3.63, 3.8) is 0 Å². The molecular formula is C22H17ClF4N2O. The molecule has 30 heavy (non-hydrogen) atoms. The van der Waals surface area contributed by atoms with E-state index in [2.05, 4.69) is 10.6 Å². The second-order valence-electron chi connectivity index (χ2n) is 6.53. The van der Waals surface area contributed by atoms with Gasteiger partial charge in [0.1, 0.15) is 11.9 Å². The molecule has 0 radical (unpaired) electrons. The van der Waals surface area contributed by atoms with E-state index in [1.54, 1.807) is 42.5 Å². The van der Waals surface area contributed by atoms with Gasteiger partial charge in [-0.3, -0.25) is 10.1 Å². The van der Waals surface area contributed by atoms with Crippen LogP contribution in [-0.4, -0.2) is 5.91 Å². The van der Waals surface area contributed by atoms with Crippen molar-refractivity contribution in [2.45, 2.75) is 18.8 Å². The number of hydrogen-bond donors (Lipinski definition) is 2. The first-order valence-corrected chi connectivity index (χ1v) is 9.32. The van der Waals surface area contributed by atoms with Gasteiger partial charge in [-0.1, -0.05) is 54.1 Å². The molecule has 0 heterocycles. The van der Waals surface area contributed by atoms with Gasteiger partial charge in [-0.2, -0.15) is 13.2 Å². The third-order valence-electron chi connectivity index (χ3n) is 4.37. The maximum absolute atomic E-state index is 13.1. The van der Waals surface area contributed by atoms with Crippen molar-refractivity contribution in [2.24, 2.45) is 0 Å². The van der Waals surface area contributed by atoms with E-state index in [-0.39, 0.29) is 23.1 Å². The topological polar surface area (TPSA) is 41.1 Å². The van der Waals surface area contributed by atoms with Crippen LogP contribution in [-0.2, 0) is 17.5 Å².